The van der Waals surface area contributed by atoms with E-state index in [2.05, 4.69) is 10.0 Å². The molecular weight excluding hydrogens is 376 g/mol. The SMILES string of the molecule is O=C(N[C@H]1CC[C@@H](C(=O)O)C1)c1cccc(NS(=O)(=O)c2cccs2)c1. The molecule has 1 fully saturated rings. The number of sulfonamides is 1. The van der Waals surface area contributed by atoms with E-state index in [9.17, 15) is 18.0 Å². The Balaban J connectivity index is 1.67. The highest BCUT2D eigenvalue weighted by molar-refractivity contribution is 7.94. The highest BCUT2D eigenvalue weighted by Crippen LogP contribution is 2.26. The first-order valence-corrected chi connectivity index (χ1v) is 10.4. The van der Waals surface area contributed by atoms with Gasteiger partial charge >= 0.3 is 5.97 Å². The third-order valence-electron chi connectivity index (χ3n) is 4.25. The maximum atomic E-state index is 12.4. The van der Waals surface area contributed by atoms with Crippen LogP contribution in [-0.4, -0.2) is 31.4 Å². The van der Waals surface area contributed by atoms with E-state index in [1.807, 2.05) is 0 Å². The minimum absolute atomic E-state index is 0.185. The van der Waals surface area contributed by atoms with Crippen molar-refractivity contribution >= 4 is 38.9 Å². The summed E-state index contributed by atoms with van der Waals surface area (Å²) in [5, 5.41) is 13.5. The van der Waals surface area contributed by atoms with Crippen LogP contribution >= 0.6 is 11.3 Å². The number of benzene rings is 1. The third kappa shape index (κ3) is 4.23. The van der Waals surface area contributed by atoms with Crippen LogP contribution in [0.1, 0.15) is 29.6 Å². The molecule has 0 spiro atoms. The summed E-state index contributed by atoms with van der Waals surface area (Å²) in [4.78, 5) is 23.4. The summed E-state index contributed by atoms with van der Waals surface area (Å²) in [6.45, 7) is 0. The van der Waals surface area contributed by atoms with E-state index < -0.39 is 21.9 Å². The fourth-order valence-corrected chi connectivity index (χ4v) is 4.99. The number of carboxylic acids is 1. The summed E-state index contributed by atoms with van der Waals surface area (Å²) < 4.78 is 27.2. The Kier molecular flexibility index (Phi) is 5.28. The van der Waals surface area contributed by atoms with E-state index in [1.54, 1.807) is 29.6 Å². The Bertz CT molecular complexity index is 909. The molecule has 138 valence electrons. The number of aliphatic carboxylic acids is 1. The van der Waals surface area contributed by atoms with Crippen LogP contribution in [0.4, 0.5) is 5.69 Å². The number of thiophene rings is 1. The van der Waals surface area contributed by atoms with Crippen LogP contribution in [0.5, 0.6) is 0 Å². The largest absolute Gasteiger partial charge is 0.481 e. The predicted molar refractivity (Wildman–Crippen MR) is 97.8 cm³/mol. The Hall–Kier alpha value is -2.39. The van der Waals surface area contributed by atoms with Gasteiger partial charge in [0.15, 0.2) is 0 Å². The van der Waals surface area contributed by atoms with Crippen LogP contribution < -0.4 is 10.0 Å². The van der Waals surface area contributed by atoms with Crippen LogP contribution in [0.3, 0.4) is 0 Å². The van der Waals surface area contributed by atoms with Crippen molar-refractivity contribution in [2.24, 2.45) is 5.92 Å². The van der Waals surface area contributed by atoms with Gasteiger partial charge in [-0.1, -0.05) is 12.1 Å². The van der Waals surface area contributed by atoms with Crippen LogP contribution in [-0.2, 0) is 14.8 Å². The highest BCUT2D eigenvalue weighted by atomic mass is 32.2. The van der Waals surface area contributed by atoms with Gasteiger partial charge in [-0.05, 0) is 48.9 Å². The minimum atomic E-state index is -3.68. The van der Waals surface area contributed by atoms with E-state index in [0.29, 0.717) is 30.5 Å². The van der Waals surface area contributed by atoms with Gasteiger partial charge in [0.2, 0.25) is 0 Å². The molecule has 3 N–H and O–H groups in total. The van der Waals surface area contributed by atoms with Crippen LogP contribution in [0.25, 0.3) is 0 Å². The zero-order valence-corrected chi connectivity index (χ0v) is 15.3. The van der Waals surface area contributed by atoms with Crippen molar-refractivity contribution in [3.63, 3.8) is 0 Å². The maximum absolute atomic E-state index is 12.4. The zero-order chi connectivity index (χ0) is 18.7. The molecule has 0 aliphatic heterocycles. The van der Waals surface area contributed by atoms with Gasteiger partial charge in [0.25, 0.3) is 15.9 Å². The van der Waals surface area contributed by atoms with Crippen LogP contribution in [0, 0.1) is 5.92 Å². The molecular formula is C17H18N2O5S2. The van der Waals surface area contributed by atoms with E-state index >= 15 is 0 Å². The standard InChI is InChI=1S/C17H18N2O5S2/c20-16(18-13-7-6-12(10-13)17(21)22)11-3-1-4-14(9-11)19-26(23,24)15-5-2-8-25-15/h1-5,8-9,12-13,19H,6-7,10H2,(H,18,20)(H,21,22)/t12-,13+/m1/s1. The molecule has 3 rings (SSSR count). The lowest BCUT2D eigenvalue weighted by molar-refractivity contribution is -0.141. The van der Waals surface area contributed by atoms with E-state index in [4.69, 9.17) is 5.11 Å². The number of carboxylic acid groups (broad SMARTS) is 1. The van der Waals surface area contributed by atoms with Gasteiger partial charge in [-0.2, -0.15) is 0 Å². The first-order chi connectivity index (χ1) is 12.3. The molecule has 0 bridgehead atoms. The Labute approximate surface area is 155 Å². The van der Waals surface area contributed by atoms with Gasteiger partial charge in [-0.25, -0.2) is 8.42 Å². The zero-order valence-electron chi connectivity index (χ0n) is 13.7. The van der Waals surface area contributed by atoms with Gasteiger partial charge in [0.05, 0.1) is 5.92 Å². The second-order valence-electron chi connectivity index (χ2n) is 6.14. The van der Waals surface area contributed by atoms with Crippen molar-refractivity contribution in [3.05, 3.63) is 47.3 Å². The molecule has 1 amide bonds. The number of hydrogen-bond acceptors (Lipinski definition) is 5. The number of rotatable bonds is 6. The molecule has 1 aliphatic carbocycles. The predicted octanol–water partition coefficient (Wildman–Crippen LogP) is 2.53. The second-order valence-corrected chi connectivity index (χ2v) is 8.99. The van der Waals surface area contributed by atoms with E-state index in [0.717, 1.165) is 11.3 Å². The monoisotopic (exact) mass is 394 g/mol. The lowest BCUT2D eigenvalue weighted by Crippen LogP contribution is -2.33. The molecule has 9 heteroatoms. The summed E-state index contributed by atoms with van der Waals surface area (Å²) in [5.74, 6) is -1.62. The molecule has 1 heterocycles. The maximum Gasteiger partial charge on any atom is 0.306 e. The smallest absolute Gasteiger partial charge is 0.306 e. The molecule has 2 atom stereocenters. The molecule has 2 aromatic rings. The van der Waals surface area contributed by atoms with Gasteiger partial charge in [0, 0.05) is 17.3 Å². The highest BCUT2D eigenvalue weighted by Gasteiger charge is 2.30. The summed E-state index contributed by atoms with van der Waals surface area (Å²) in [6, 6.07) is 9.17. The van der Waals surface area contributed by atoms with Crippen molar-refractivity contribution in [3.8, 4) is 0 Å². The van der Waals surface area contributed by atoms with Crippen LogP contribution in [0.2, 0.25) is 0 Å². The molecule has 7 nitrogen and oxygen atoms in total. The third-order valence-corrected chi connectivity index (χ3v) is 7.03. The van der Waals surface area contributed by atoms with Crippen molar-refractivity contribution in [2.45, 2.75) is 29.5 Å². The first-order valence-electron chi connectivity index (χ1n) is 8.05. The van der Waals surface area contributed by atoms with Gasteiger partial charge in [-0.15, -0.1) is 11.3 Å². The van der Waals surface area contributed by atoms with Crippen molar-refractivity contribution in [1.29, 1.82) is 0 Å². The number of carbonyl (C=O) groups excluding carboxylic acids is 1. The Morgan fingerprint density at radius 2 is 1.96 bits per heavy atom. The van der Waals surface area contributed by atoms with Crippen molar-refractivity contribution in [1.82, 2.24) is 5.32 Å². The van der Waals surface area contributed by atoms with Gasteiger partial charge < -0.3 is 10.4 Å². The molecule has 0 radical (unpaired) electrons. The average Bonchev–Trinajstić information content (AvgIpc) is 3.27. The quantitative estimate of drug-likeness (QED) is 0.697. The molecule has 0 saturated heterocycles. The number of amides is 1. The molecule has 1 saturated carbocycles. The molecule has 1 aromatic heterocycles. The summed E-state index contributed by atoms with van der Waals surface area (Å²) in [5.41, 5.74) is 0.607. The van der Waals surface area contributed by atoms with Gasteiger partial charge in [-0.3, -0.25) is 14.3 Å². The first kappa shape index (κ1) is 18.4. The lowest BCUT2D eigenvalue weighted by atomic mass is 10.1. The fourth-order valence-electron chi connectivity index (χ4n) is 2.95. The summed E-state index contributed by atoms with van der Waals surface area (Å²) in [7, 11) is -3.68. The van der Waals surface area contributed by atoms with E-state index in [-0.39, 0.29) is 16.2 Å². The molecule has 0 unspecified atom stereocenters. The average molecular weight is 394 g/mol. The topological polar surface area (TPSA) is 113 Å². The summed E-state index contributed by atoms with van der Waals surface area (Å²) in [6.07, 6.45) is 1.57. The minimum Gasteiger partial charge on any atom is -0.481 e. The number of nitrogens with one attached hydrogen (secondary N) is 2. The Morgan fingerprint density at radius 1 is 1.15 bits per heavy atom. The molecule has 26 heavy (non-hydrogen) atoms. The lowest BCUT2D eigenvalue weighted by Gasteiger charge is -2.13. The Morgan fingerprint density at radius 3 is 2.62 bits per heavy atom. The summed E-state index contributed by atoms with van der Waals surface area (Å²) >= 11 is 1.11. The second kappa shape index (κ2) is 7.46. The molecule has 1 aromatic carbocycles. The van der Waals surface area contributed by atoms with Crippen LogP contribution in [0.15, 0.2) is 46.0 Å². The number of hydrogen-bond donors (Lipinski definition) is 3. The fraction of sp³-hybridized carbons (Fsp3) is 0.294. The number of anilines is 1. The number of carbonyl (C=O) groups is 2. The van der Waals surface area contributed by atoms with E-state index in [1.165, 1.54) is 12.1 Å². The normalized spacial score (nSPS) is 19.8. The molecule has 1 aliphatic rings. The van der Waals surface area contributed by atoms with Crippen molar-refractivity contribution in [2.75, 3.05) is 4.72 Å². The van der Waals surface area contributed by atoms with Crippen molar-refractivity contribution < 1.29 is 23.1 Å². The van der Waals surface area contributed by atoms with Gasteiger partial charge in [0.1, 0.15) is 4.21 Å².